The van der Waals surface area contributed by atoms with Crippen LogP contribution in [0.1, 0.15) is 39.2 Å². The number of nitrogens with two attached hydrogens (primary N) is 1. The highest BCUT2D eigenvalue weighted by Gasteiger charge is 2.24. The van der Waals surface area contributed by atoms with E-state index in [1.165, 1.54) is 17.4 Å². The Morgan fingerprint density at radius 2 is 1.88 bits per heavy atom. The number of rotatable bonds is 4. The molecule has 2 aromatic rings. The zero-order valence-electron chi connectivity index (χ0n) is 13.0. The topological polar surface area (TPSA) is 72.2 Å². The van der Waals surface area contributed by atoms with E-state index in [9.17, 15) is 9.59 Å². The predicted octanol–water partition coefficient (Wildman–Crippen LogP) is 4.03. The molecule has 1 aromatic carbocycles. The Balaban J connectivity index is 1.78. The standard InChI is InChI=1S/C18H17ClN2O2S/c19-12-8-5-11(6-9-12)7-10-15(22)21-18-16(17(20)23)13-3-1-2-4-14(13)24-18/h5-10H,1-4H2,(H2,20,23)(H,21,22). The molecule has 3 N–H and O–H groups in total. The summed E-state index contributed by atoms with van der Waals surface area (Å²) in [6.45, 7) is 0. The Hall–Kier alpha value is -2.11. The van der Waals surface area contributed by atoms with Crippen LogP contribution in [0.4, 0.5) is 5.00 Å². The van der Waals surface area contributed by atoms with E-state index in [-0.39, 0.29) is 5.91 Å². The van der Waals surface area contributed by atoms with Crippen molar-refractivity contribution in [2.75, 3.05) is 5.32 Å². The van der Waals surface area contributed by atoms with E-state index >= 15 is 0 Å². The third-order valence-electron chi connectivity index (χ3n) is 3.95. The second-order valence-electron chi connectivity index (χ2n) is 5.65. The summed E-state index contributed by atoms with van der Waals surface area (Å²) < 4.78 is 0. The number of thiophene rings is 1. The summed E-state index contributed by atoms with van der Waals surface area (Å²) in [4.78, 5) is 25.1. The van der Waals surface area contributed by atoms with Crippen LogP contribution >= 0.6 is 22.9 Å². The number of carbonyl (C=O) groups excluding carboxylic acids is 2. The highest BCUT2D eigenvalue weighted by atomic mass is 35.5. The Kier molecular flexibility index (Phi) is 5.02. The van der Waals surface area contributed by atoms with E-state index in [0.717, 1.165) is 41.7 Å². The third kappa shape index (κ3) is 3.68. The first kappa shape index (κ1) is 16.7. The summed E-state index contributed by atoms with van der Waals surface area (Å²) in [6, 6.07) is 7.17. The van der Waals surface area contributed by atoms with Crippen LogP contribution in [0, 0.1) is 0 Å². The lowest BCUT2D eigenvalue weighted by atomic mass is 9.95. The Bertz CT molecular complexity index is 809. The molecule has 0 saturated heterocycles. The molecule has 124 valence electrons. The van der Waals surface area contributed by atoms with E-state index in [0.29, 0.717) is 15.6 Å². The number of halogens is 1. The number of nitrogens with one attached hydrogen (secondary N) is 1. The monoisotopic (exact) mass is 360 g/mol. The van der Waals surface area contributed by atoms with Gasteiger partial charge in [0.05, 0.1) is 5.56 Å². The van der Waals surface area contributed by atoms with Gasteiger partial charge in [-0.05, 0) is 55.0 Å². The number of fused-ring (bicyclic) bond motifs is 1. The molecule has 0 fully saturated rings. The summed E-state index contributed by atoms with van der Waals surface area (Å²) >= 11 is 7.29. The summed E-state index contributed by atoms with van der Waals surface area (Å²) in [5.74, 6) is -0.766. The highest BCUT2D eigenvalue weighted by molar-refractivity contribution is 7.17. The number of anilines is 1. The molecule has 2 amide bonds. The summed E-state index contributed by atoms with van der Waals surface area (Å²) in [5, 5.41) is 4.00. The maximum absolute atomic E-state index is 12.2. The van der Waals surface area contributed by atoms with E-state index in [1.54, 1.807) is 18.2 Å². The zero-order chi connectivity index (χ0) is 17.1. The molecule has 0 unspecified atom stereocenters. The molecular weight excluding hydrogens is 344 g/mol. The van der Waals surface area contributed by atoms with E-state index < -0.39 is 5.91 Å². The van der Waals surface area contributed by atoms with Crippen molar-refractivity contribution < 1.29 is 9.59 Å². The molecule has 1 aliphatic carbocycles. The van der Waals surface area contributed by atoms with Gasteiger partial charge in [-0.15, -0.1) is 11.3 Å². The first-order chi connectivity index (χ1) is 11.5. The fourth-order valence-electron chi connectivity index (χ4n) is 2.81. The van der Waals surface area contributed by atoms with Crippen molar-refractivity contribution in [1.29, 1.82) is 0 Å². The van der Waals surface area contributed by atoms with Gasteiger partial charge >= 0.3 is 0 Å². The Morgan fingerprint density at radius 1 is 1.17 bits per heavy atom. The number of carbonyl (C=O) groups is 2. The zero-order valence-corrected chi connectivity index (χ0v) is 14.5. The third-order valence-corrected chi connectivity index (χ3v) is 5.41. The van der Waals surface area contributed by atoms with Gasteiger partial charge in [0.1, 0.15) is 5.00 Å². The van der Waals surface area contributed by atoms with Crippen molar-refractivity contribution in [1.82, 2.24) is 0 Å². The first-order valence-corrected chi connectivity index (χ1v) is 8.93. The number of benzene rings is 1. The maximum atomic E-state index is 12.2. The van der Waals surface area contributed by atoms with Gasteiger partial charge in [0.25, 0.3) is 5.91 Å². The normalized spacial score (nSPS) is 13.7. The molecule has 1 aliphatic rings. The van der Waals surface area contributed by atoms with Crippen molar-refractivity contribution in [2.45, 2.75) is 25.7 Å². The van der Waals surface area contributed by atoms with Crippen LogP contribution in [0.25, 0.3) is 6.08 Å². The van der Waals surface area contributed by atoms with Gasteiger partial charge in [-0.3, -0.25) is 9.59 Å². The lowest BCUT2D eigenvalue weighted by Crippen LogP contribution is -2.17. The SMILES string of the molecule is NC(=O)c1c(NC(=O)C=Cc2ccc(Cl)cc2)sc2c1CCCC2. The van der Waals surface area contributed by atoms with Crippen molar-refractivity contribution in [3.8, 4) is 0 Å². The van der Waals surface area contributed by atoms with Gasteiger partial charge in [0.15, 0.2) is 0 Å². The van der Waals surface area contributed by atoms with Crippen LogP contribution < -0.4 is 11.1 Å². The maximum Gasteiger partial charge on any atom is 0.251 e. The molecule has 3 rings (SSSR count). The largest absolute Gasteiger partial charge is 0.365 e. The lowest BCUT2D eigenvalue weighted by Gasteiger charge is -2.11. The summed E-state index contributed by atoms with van der Waals surface area (Å²) in [5.41, 5.74) is 7.88. The Labute approximate surface area is 149 Å². The molecule has 6 heteroatoms. The minimum absolute atomic E-state index is 0.286. The van der Waals surface area contributed by atoms with Crippen LogP contribution in [0.2, 0.25) is 5.02 Å². The average Bonchev–Trinajstić information content (AvgIpc) is 2.92. The van der Waals surface area contributed by atoms with E-state index in [1.807, 2.05) is 12.1 Å². The van der Waals surface area contributed by atoms with E-state index in [4.69, 9.17) is 17.3 Å². The van der Waals surface area contributed by atoms with Crippen LogP contribution in [0.15, 0.2) is 30.3 Å². The van der Waals surface area contributed by atoms with E-state index in [2.05, 4.69) is 5.32 Å². The smallest absolute Gasteiger partial charge is 0.251 e. The van der Waals surface area contributed by atoms with Crippen LogP contribution in [0.5, 0.6) is 0 Å². The van der Waals surface area contributed by atoms with Crippen molar-refractivity contribution in [3.63, 3.8) is 0 Å². The fraction of sp³-hybridized carbons (Fsp3) is 0.222. The summed E-state index contributed by atoms with van der Waals surface area (Å²) in [6.07, 6.45) is 7.08. The second-order valence-corrected chi connectivity index (χ2v) is 7.20. The lowest BCUT2D eigenvalue weighted by molar-refractivity contribution is -0.111. The Morgan fingerprint density at radius 3 is 2.58 bits per heavy atom. The van der Waals surface area contributed by atoms with Crippen molar-refractivity contribution >= 4 is 45.8 Å². The van der Waals surface area contributed by atoms with Gasteiger partial charge in [-0.2, -0.15) is 0 Å². The molecule has 0 saturated carbocycles. The molecule has 4 nitrogen and oxygen atoms in total. The van der Waals surface area contributed by atoms with Gasteiger partial charge in [0.2, 0.25) is 5.91 Å². The fourth-order valence-corrected chi connectivity index (χ4v) is 4.24. The van der Waals surface area contributed by atoms with Gasteiger partial charge in [0, 0.05) is 16.0 Å². The summed E-state index contributed by atoms with van der Waals surface area (Å²) in [7, 11) is 0. The quantitative estimate of drug-likeness (QED) is 0.808. The predicted molar refractivity (Wildman–Crippen MR) is 98.6 cm³/mol. The molecule has 0 radical (unpaired) electrons. The average molecular weight is 361 g/mol. The highest BCUT2D eigenvalue weighted by Crippen LogP contribution is 2.37. The minimum atomic E-state index is -0.480. The van der Waals surface area contributed by atoms with Gasteiger partial charge in [-0.25, -0.2) is 0 Å². The second kappa shape index (κ2) is 7.20. The number of hydrogen-bond donors (Lipinski definition) is 2. The molecule has 0 atom stereocenters. The van der Waals surface area contributed by atoms with Crippen LogP contribution in [-0.4, -0.2) is 11.8 Å². The molecule has 0 spiro atoms. The molecule has 24 heavy (non-hydrogen) atoms. The molecular formula is C18H17ClN2O2S. The van der Waals surface area contributed by atoms with Gasteiger partial charge < -0.3 is 11.1 Å². The number of amides is 2. The minimum Gasteiger partial charge on any atom is -0.365 e. The number of primary amides is 1. The molecule has 1 aromatic heterocycles. The van der Waals surface area contributed by atoms with Crippen molar-refractivity contribution in [3.05, 3.63) is 56.9 Å². The van der Waals surface area contributed by atoms with Gasteiger partial charge in [-0.1, -0.05) is 23.7 Å². The first-order valence-electron chi connectivity index (χ1n) is 7.73. The molecule has 0 bridgehead atoms. The van der Waals surface area contributed by atoms with Crippen LogP contribution in [0.3, 0.4) is 0 Å². The number of aryl methyl sites for hydroxylation is 1. The van der Waals surface area contributed by atoms with Crippen molar-refractivity contribution in [2.24, 2.45) is 5.73 Å². The number of hydrogen-bond acceptors (Lipinski definition) is 3. The molecule has 1 heterocycles. The van der Waals surface area contributed by atoms with Crippen LogP contribution in [-0.2, 0) is 17.6 Å². The molecule has 0 aliphatic heterocycles.